The number of Topliss-reactive ketones (excluding diaryl/α,β-unsaturated/α-hetero) is 1. The molecule has 1 fully saturated rings. The van der Waals surface area contributed by atoms with Crippen LogP contribution in [0.25, 0.3) is 0 Å². The number of ether oxygens (including phenoxy) is 1. The molecule has 0 bridgehead atoms. The molecule has 2 aliphatic rings. The van der Waals surface area contributed by atoms with Gasteiger partial charge in [0, 0.05) is 12.3 Å². The molecule has 1 aromatic rings. The maximum absolute atomic E-state index is 12.2. The molecule has 2 N–H and O–H groups in total. The highest BCUT2D eigenvalue weighted by Gasteiger charge is 2.26. The van der Waals surface area contributed by atoms with Crippen molar-refractivity contribution >= 4 is 11.8 Å². The van der Waals surface area contributed by atoms with E-state index in [-0.39, 0.29) is 12.2 Å². The summed E-state index contributed by atoms with van der Waals surface area (Å²) >= 11 is 0. The third-order valence-electron chi connectivity index (χ3n) is 5.65. The van der Waals surface area contributed by atoms with Crippen LogP contribution in [-0.2, 0) is 22.4 Å². The van der Waals surface area contributed by atoms with E-state index < -0.39 is 11.9 Å². The molecule has 1 aliphatic carbocycles. The van der Waals surface area contributed by atoms with Crippen LogP contribution in [0.2, 0.25) is 0 Å². The van der Waals surface area contributed by atoms with Gasteiger partial charge in [-0.05, 0) is 80.8 Å². The van der Waals surface area contributed by atoms with Gasteiger partial charge in [-0.25, -0.2) is 0 Å². The van der Waals surface area contributed by atoms with Gasteiger partial charge in [0.05, 0.1) is 13.0 Å². The molecule has 0 amide bonds. The first-order chi connectivity index (χ1) is 12.6. The minimum absolute atomic E-state index is 0.0630. The second-order valence-electron chi connectivity index (χ2n) is 7.58. The normalized spacial score (nSPS) is 21.1. The molecule has 1 aromatic carbocycles. The van der Waals surface area contributed by atoms with E-state index in [4.69, 9.17) is 9.84 Å². The fourth-order valence-corrected chi connectivity index (χ4v) is 4.09. The molecule has 0 spiro atoms. The largest absolute Gasteiger partial charge is 0.494 e. The van der Waals surface area contributed by atoms with E-state index in [0.29, 0.717) is 19.3 Å². The fourth-order valence-electron chi connectivity index (χ4n) is 4.09. The van der Waals surface area contributed by atoms with Crippen molar-refractivity contribution in [3.05, 3.63) is 29.3 Å². The smallest absolute Gasteiger partial charge is 0.304 e. The first kappa shape index (κ1) is 18.9. The van der Waals surface area contributed by atoms with Crippen molar-refractivity contribution in [2.24, 2.45) is 11.8 Å². The summed E-state index contributed by atoms with van der Waals surface area (Å²) in [5, 5.41) is 12.4. The maximum atomic E-state index is 12.2. The van der Waals surface area contributed by atoms with Crippen LogP contribution in [0.4, 0.5) is 0 Å². The summed E-state index contributed by atoms with van der Waals surface area (Å²) in [6.07, 6.45) is 6.37. The number of carboxylic acids is 1. The minimum Gasteiger partial charge on any atom is -0.494 e. The fraction of sp³-hybridized carbons (Fsp3) is 0.619. The SMILES string of the molecule is O=C(O)CC1Cc2ccc(OCCCC3CCNCC3)cc2CCC1=O. The first-order valence-corrected chi connectivity index (χ1v) is 9.81. The van der Waals surface area contributed by atoms with Crippen molar-refractivity contribution in [1.82, 2.24) is 5.32 Å². The van der Waals surface area contributed by atoms with Crippen LogP contribution in [0.1, 0.15) is 49.7 Å². The van der Waals surface area contributed by atoms with Gasteiger partial charge >= 0.3 is 5.97 Å². The van der Waals surface area contributed by atoms with Gasteiger partial charge in [-0.3, -0.25) is 9.59 Å². The van der Waals surface area contributed by atoms with Crippen LogP contribution in [0.15, 0.2) is 18.2 Å². The number of aliphatic carboxylic acids is 1. The lowest BCUT2D eigenvalue weighted by Gasteiger charge is -2.22. The van der Waals surface area contributed by atoms with E-state index in [1.807, 2.05) is 18.2 Å². The number of ketones is 1. The van der Waals surface area contributed by atoms with Gasteiger partial charge in [0.2, 0.25) is 0 Å². The van der Waals surface area contributed by atoms with Crippen LogP contribution >= 0.6 is 0 Å². The molecule has 0 saturated carbocycles. The van der Waals surface area contributed by atoms with E-state index in [1.165, 1.54) is 19.3 Å². The average molecular weight is 359 g/mol. The summed E-state index contributed by atoms with van der Waals surface area (Å²) in [5.41, 5.74) is 2.21. The van der Waals surface area contributed by atoms with Crippen LogP contribution in [0, 0.1) is 11.8 Å². The Kier molecular flexibility index (Phi) is 6.67. The predicted octanol–water partition coefficient (Wildman–Crippen LogP) is 2.99. The molecular weight excluding hydrogens is 330 g/mol. The predicted molar refractivity (Wildman–Crippen MR) is 99.5 cm³/mol. The van der Waals surface area contributed by atoms with Gasteiger partial charge < -0.3 is 15.2 Å². The second-order valence-corrected chi connectivity index (χ2v) is 7.58. The number of hydrogen-bond donors (Lipinski definition) is 2. The number of nitrogens with one attached hydrogen (secondary N) is 1. The van der Waals surface area contributed by atoms with Crippen LogP contribution < -0.4 is 10.1 Å². The quantitative estimate of drug-likeness (QED) is 0.578. The summed E-state index contributed by atoms with van der Waals surface area (Å²) in [6, 6.07) is 6.00. The number of carboxylic acid groups (broad SMARTS) is 1. The maximum Gasteiger partial charge on any atom is 0.304 e. The lowest BCUT2D eigenvalue weighted by atomic mass is 9.93. The minimum atomic E-state index is -0.902. The molecule has 142 valence electrons. The first-order valence-electron chi connectivity index (χ1n) is 9.81. The number of fused-ring (bicyclic) bond motifs is 1. The van der Waals surface area contributed by atoms with Crippen molar-refractivity contribution in [3.8, 4) is 5.75 Å². The standard InChI is InChI=1S/C21H29NO4/c23-20-6-4-17-13-19(5-3-16(17)12-18(20)14-21(24)25)26-11-1-2-15-7-9-22-10-8-15/h3,5,13,15,18,22H,1-2,4,6-12,14H2,(H,24,25). The van der Waals surface area contributed by atoms with E-state index in [0.717, 1.165) is 48.9 Å². The van der Waals surface area contributed by atoms with E-state index in [1.54, 1.807) is 0 Å². The van der Waals surface area contributed by atoms with Crippen LogP contribution in [0.5, 0.6) is 5.75 Å². The zero-order valence-electron chi connectivity index (χ0n) is 15.3. The number of aryl methyl sites for hydroxylation is 1. The highest BCUT2D eigenvalue weighted by atomic mass is 16.5. The Bertz CT molecular complexity index is 637. The lowest BCUT2D eigenvalue weighted by molar-refractivity contribution is -0.140. The Balaban J connectivity index is 1.52. The molecule has 1 unspecified atom stereocenters. The third kappa shape index (κ3) is 5.31. The molecule has 3 rings (SSSR count). The third-order valence-corrected chi connectivity index (χ3v) is 5.65. The lowest BCUT2D eigenvalue weighted by Crippen LogP contribution is -2.27. The molecule has 0 radical (unpaired) electrons. The summed E-state index contributed by atoms with van der Waals surface area (Å²) in [4.78, 5) is 23.1. The average Bonchev–Trinajstić information content (AvgIpc) is 2.78. The number of rotatable bonds is 7. The Hall–Kier alpha value is -1.88. The van der Waals surface area contributed by atoms with Gasteiger partial charge in [0.25, 0.3) is 0 Å². The number of hydrogen-bond acceptors (Lipinski definition) is 4. The van der Waals surface area contributed by atoms with Gasteiger partial charge in [-0.15, -0.1) is 0 Å². The molecule has 0 aromatic heterocycles. The summed E-state index contributed by atoms with van der Waals surface area (Å²) < 4.78 is 5.93. The summed E-state index contributed by atoms with van der Waals surface area (Å²) in [7, 11) is 0. The Morgan fingerprint density at radius 3 is 2.77 bits per heavy atom. The Morgan fingerprint density at radius 1 is 1.19 bits per heavy atom. The van der Waals surface area contributed by atoms with Crippen LogP contribution in [-0.4, -0.2) is 36.6 Å². The highest BCUT2D eigenvalue weighted by Crippen LogP contribution is 2.28. The molecule has 26 heavy (non-hydrogen) atoms. The van der Waals surface area contributed by atoms with Crippen molar-refractivity contribution in [2.45, 2.75) is 51.4 Å². The molecule has 1 aliphatic heterocycles. The monoisotopic (exact) mass is 359 g/mol. The topological polar surface area (TPSA) is 75.6 Å². The second kappa shape index (κ2) is 9.17. The summed E-state index contributed by atoms with van der Waals surface area (Å²) in [6.45, 7) is 3.00. The van der Waals surface area contributed by atoms with Crippen molar-refractivity contribution < 1.29 is 19.4 Å². The van der Waals surface area contributed by atoms with Gasteiger partial charge in [0.1, 0.15) is 11.5 Å². The van der Waals surface area contributed by atoms with Crippen molar-refractivity contribution in [1.29, 1.82) is 0 Å². The molecule has 5 heteroatoms. The van der Waals surface area contributed by atoms with Crippen molar-refractivity contribution in [3.63, 3.8) is 0 Å². The van der Waals surface area contributed by atoms with Crippen molar-refractivity contribution in [2.75, 3.05) is 19.7 Å². The number of carbonyl (C=O) groups excluding carboxylic acids is 1. The van der Waals surface area contributed by atoms with E-state index in [2.05, 4.69) is 5.32 Å². The molecule has 1 saturated heterocycles. The number of carbonyl (C=O) groups is 2. The molecule has 1 atom stereocenters. The van der Waals surface area contributed by atoms with E-state index >= 15 is 0 Å². The van der Waals surface area contributed by atoms with Gasteiger partial charge in [0.15, 0.2) is 0 Å². The zero-order chi connectivity index (χ0) is 18.4. The Morgan fingerprint density at radius 2 is 2.00 bits per heavy atom. The van der Waals surface area contributed by atoms with Gasteiger partial charge in [-0.1, -0.05) is 6.07 Å². The van der Waals surface area contributed by atoms with E-state index in [9.17, 15) is 9.59 Å². The Labute approximate surface area is 155 Å². The molecular formula is C21H29NO4. The number of piperidine rings is 1. The molecule has 5 nitrogen and oxygen atoms in total. The summed E-state index contributed by atoms with van der Waals surface area (Å²) in [5.74, 6) is 0.446. The molecule has 1 heterocycles. The zero-order valence-corrected chi connectivity index (χ0v) is 15.3. The highest BCUT2D eigenvalue weighted by molar-refractivity contribution is 5.86. The number of benzene rings is 1. The van der Waals surface area contributed by atoms with Crippen LogP contribution in [0.3, 0.4) is 0 Å². The van der Waals surface area contributed by atoms with Gasteiger partial charge in [-0.2, -0.15) is 0 Å².